The minimum atomic E-state index is -0.0129. The molecule has 2 aliphatic heterocycles. The van der Waals surface area contributed by atoms with E-state index in [9.17, 15) is 4.79 Å². The molecule has 1 aromatic carbocycles. The topological polar surface area (TPSA) is 58.4 Å². The first-order chi connectivity index (χ1) is 9.99. The van der Waals surface area contributed by atoms with Gasteiger partial charge in [0, 0.05) is 36.9 Å². The van der Waals surface area contributed by atoms with Gasteiger partial charge in [-0.05, 0) is 42.4 Å². The summed E-state index contributed by atoms with van der Waals surface area (Å²) in [5, 5.41) is 3.39. The summed E-state index contributed by atoms with van der Waals surface area (Å²) >= 11 is 0. The Balaban J connectivity index is 1.86. The van der Waals surface area contributed by atoms with Gasteiger partial charge in [0.05, 0.1) is 0 Å². The van der Waals surface area contributed by atoms with Crippen molar-refractivity contribution in [2.45, 2.75) is 39.2 Å². The summed E-state index contributed by atoms with van der Waals surface area (Å²) in [4.78, 5) is 14.9. The summed E-state index contributed by atoms with van der Waals surface area (Å²) in [7, 11) is 0. The Bertz CT molecular complexity index is 553. The number of benzene rings is 1. The molecule has 1 amide bonds. The maximum Gasteiger partial charge on any atom is 0.254 e. The molecule has 0 aliphatic carbocycles. The lowest BCUT2D eigenvalue weighted by Crippen LogP contribution is -2.54. The quantitative estimate of drug-likeness (QED) is 0.833. The number of carbonyl (C=O) groups is 1. The molecule has 0 saturated carbocycles. The lowest BCUT2D eigenvalue weighted by molar-refractivity contribution is 0.0532. The third kappa shape index (κ3) is 2.64. The van der Waals surface area contributed by atoms with E-state index in [0.29, 0.717) is 0 Å². The summed E-state index contributed by atoms with van der Waals surface area (Å²) in [6.07, 6.45) is 2.96. The number of fused-ring (bicyclic) bond motifs is 1. The third-order valence-electron chi connectivity index (χ3n) is 4.92. The average Bonchev–Trinajstić information content (AvgIpc) is 2.48. The Morgan fingerprint density at radius 3 is 3.00 bits per heavy atom. The zero-order valence-corrected chi connectivity index (χ0v) is 13.0. The van der Waals surface area contributed by atoms with Gasteiger partial charge in [-0.2, -0.15) is 0 Å². The fourth-order valence-electron chi connectivity index (χ4n) is 3.43. The highest BCUT2D eigenvalue weighted by atomic mass is 16.2. The minimum Gasteiger partial charge on any atom is -0.385 e. The monoisotopic (exact) mass is 287 g/mol. The fourth-order valence-corrected chi connectivity index (χ4v) is 3.43. The second-order valence-corrected chi connectivity index (χ2v) is 6.97. The molecule has 0 radical (unpaired) electrons. The molecule has 1 unspecified atom stereocenters. The van der Waals surface area contributed by atoms with E-state index in [4.69, 9.17) is 5.73 Å². The molecular formula is C17H25N3O. The number of nitrogens with two attached hydrogens (primary N) is 1. The lowest BCUT2D eigenvalue weighted by atomic mass is 9.79. The maximum atomic E-state index is 12.9. The van der Waals surface area contributed by atoms with Crippen LogP contribution in [0.2, 0.25) is 0 Å². The molecular weight excluding hydrogens is 262 g/mol. The van der Waals surface area contributed by atoms with E-state index in [2.05, 4.69) is 25.2 Å². The summed E-state index contributed by atoms with van der Waals surface area (Å²) in [6.45, 7) is 6.80. The first-order valence-corrected chi connectivity index (χ1v) is 7.90. The molecule has 2 aliphatic rings. The molecule has 0 spiro atoms. The molecule has 4 heteroatoms. The number of hydrogen-bond acceptors (Lipinski definition) is 3. The average molecular weight is 287 g/mol. The second kappa shape index (κ2) is 5.34. The van der Waals surface area contributed by atoms with Crippen LogP contribution in [0.1, 0.15) is 42.6 Å². The smallest absolute Gasteiger partial charge is 0.254 e. The Morgan fingerprint density at radius 2 is 2.24 bits per heavy atom. The molecule has 2 heterocycles. The minimum absolute atomic E-state index is 0.0129. The van der Waals surface area contributed by atoms with Crippen LogP contribution in [0.3, 0.4) is 0 Å². The first kappa shape index (κ1) is 14.4. The van der Waals surface area contributed by atoms with Gasteiger partial charge >= 0.3 is 0 Å². The van der Waals surface area contributed by atoms with Gasteiger partial charge in [0.15, 0.2) is 0 Å². The number of likely N-dealkylation sites (tertiary alicyclic amines) is 1. The van der Waals surface area contributed by atoms with Crippen LogP contribution in [-0.4, -0.2) is 36.5 Å². The number of anilines is 1. The largest absolute Gasteiger partial charge is 0.385 e. The molecule has 3 rings (SSSR count). The normalized spacial score (nSPS) is 24.1. The first-order valence-electron chi connectivity index (χ1n) is 7.90. The number of rotatable bonds is 1. The highest BCUT2D eigenvalue weighted by Gasteiger charge is 2.36. The Kier molecular flexibility index (Phi) is 3.66. The lowest BCUT2D eigenvalue weighted by Gasteiger charge is -2.42. The van der Waals surface area contributed by atoms with Crippen molar-refractivity contribution in [3.63, 3.8) is 0 Å². The number of nitrogens with one attached hydrogen (secondary N) is 1. The van der Waals surface area contributed by atoms with E-state index in [1.165, 1.54) is 5.56 Å². The van der Waals surface area contributed by atoms with Gasteiger partial charge in [-0.1, -0.05) is 19.9 Å². The van der Waals surface area contributed by atoms with Gasteiger partial charge < -0.3 is 16.0 Å². The predicted molar refractivity (Wildman–Crippen MR) is 85.5 cm³/mol. The van der Waals surface area contributed by atoms with Gasteiger partial charge in [-0.15, -0.1) is 0 Å². The zero-order chi connectivity index (χ0) is 15.0. The van der Waals surface area contributed by atoms with Gasteiger partial charge in [0.1, 0.15) is 0 Å². The van der Waals surface area contributed by atoms with Crippen molar-refractivity contribution in [1.82, 2.24) is 4.90 Å². The van der Waals surface area contributed by atoms with E-state index < -0.39 is 0 Å². The number of carbonyl (C=O) groups excluding carboxylic acids is 1. The predicted octanol–water partition coefficient (Wildman–Crippen LogP) is 2.24. The SMILES string of the molecule is CC1(C)CN(C(=O)c2cccc3c2CCCN3)CCC1N. The molecule has 0 aromatic heterocycles. The molecule has 1 atom stereocenters. The second-order valence-electron chi connectivity index (χ2n) is 6.97. The van der Waals surface area contributed by atoms with Crippen LogP contribution in [0.25, 0.3) is 0 Å². The molecule has 21 heavy (non-hydrogen) atoms. The van der Waals surface area contributed by atoms with Crippen molar-refractivity contribution in [1.29, 1.82) is 0 Å². The highest BCUT2D eigenvalue weighted by Crippen LogP contribution is 2.31. The van der Waals surface area contributed by atoms with Crippen molar-refractivity contribution in [2.24, 2.45) is 11.1 Å². The number of piperidine rings is 1. The molecule has 1 saturated heterocycles. The van der Waals surface area contributed by atoms with Crippen LogP contribution in [0.15, 0.2) is 18.2 Å². The summed E-state index contributed by atoms with van der Waals surface area (Å²) in [5.74, 6) is 0.163. The van der Waals surface area contributed by atoms with Crippen LogP contribution in [0.5, 0.6) is 0 Å². The Morgan fingerprint density at radius 1 is 1.43 bits per heavy atom. The van der Waals surface area contributed by atoms with E-state index in [1.54, 1.807) is 0 Å². The van der Waals surface area contributed by atoms with Crippen molar-refractivity contribution in [3.8, 4) is 0 Å². The number of hydrogen-bond donors (Lipinski definition) is 2. The van der Waals surface area contributed by atoms with Crippen LogP contribution < -0.4 is 11.1 Å². The summed E-state index contributed by atoms with van der Waals surface area (Å²) < 4.78 is 0. The Hall–Kier alpha value is -1.55. The van der Waals surface area contributed by atoms with Crippen LogP contribution >= 0.6 is 0 Å². The van der Waals surface area contributed by atoms with Crippen LogP contribution in [0, 0.1) is 5.41 Å². The fraction of sp³-hybridized carbons (Fsp3) is 0.588. The zero-order valence-electron chi connectivity index (χ0n) is 13.0. The van der Waals surface area contributed by atoms with Gasteiger partial charge in [0.2, 0.25) is 0 Å². The molecule has 4 nitrogen and oxygen atoms in total. The van der Waals surface area contributed by atoms with Crippen LogP contribution in [-0.2, 0) is 6.42 Å². The van der Waals surface area contributed by atoms with E-state index in [-0.39, 0.29) is 17.4 Å². The van der Waals surface area contributed by atoms with Crippen molar-refractivity contribution >= 4 is 11.6 Å². The van der Waals surface area contributed by atoms with Gasteiger partial charge in [0.25, 0.3) is 5.91 Å². The highest BCUT2D eigenvalue weighted by molar-refractivity contribution is 5.97. The van der Waals surface area contributed by atoms with E-state index in [0.717, 1.165) is 50.1 Å². The Labute approximate surface area is 126 Å². The molecule has 114 valence electrons. The van der Waals surface area contributed by atoms with Crippen molar-refractivity contribution in [3.05, 3.63) is 29.3 Å². The number of amides is 1. The molecule has 0 bridgehead atoms. The van der Waals surface area contributed by atoms with E-state index >= 15 is 0 Å². The summed E-state index contributed by atoms with van der Waals surface area (Å²) in [6, 6.07) is 6.19. The van der Waals surface area contributed by atoms with Gasteiger partial charge in [-0.3, -0.25) is 4.79 Å². The van der Waals surface area contributed by atoms with Crippen molar-refractivity contribution < 1.29 is 4.79 Å². The molecule has 1 fully saturated rings. The van der Waals surface area contributed by atoms with Crippen LogP contribution in [0.4, 0.5) is 5.69 Å². The summed E-state index contributed by atoms with van der Waals surface area (Å²) in [5.41, 5.74) is 9.34. The third-order valence-corrected chi connectivity index (χ3v) is 4.92. The van der Waals surface area contributed by atoms with Gasteiger partial charge in [-0.25, -0.2) is 0 Å². The number of nitrogens with zero attached hydrogens (tertiary/aromatic N) is 1. The molecule has 1 aromatic rings. The van der Waals surface area contributed by atoms with Crippen molar-refractivity contribution in [2.75, 3.05) is 25.0 Å². The molecule has 3 N–H and O–H groups in total. The standard InChI is InChI=1S/C17H25N3O/c1-17(2)11-20(10-8-15(17)18)16(21)13-5-3-7-14-12(13)6-4-9-19-14/h3,5,7,15,19H,4,6,8-11,18H2,1-2H3. The maximum absolute atomic E-state index is 12.9. The van der Waals surface area contributed by atoms with E-state index in [1.807, 2.05) is 17.0 Å².